The normalized spacial score (nSPS) is 16.6. The summed E-state index contributed by atoms with van der Waals surface area (Å²) >= 11 is 0. The molecule has 1 aliphatic rings. The first-order valence-electron chi connectivity index (χ1n) is 5.90. The van der Waals surface area contributed by atoms with Gasteiger partial charge in [-0.3, -0.25) is 9.79 Å². The third-order valence-corrected chi connectivity index (χ3v) is 2.54. The van der Waals surface area contributed by atoms with Crippen molar-refractivity contribution in [3.63, 3.8) is 0 Å². The van der Waals surface area contributed by atoms with Crippen LogP contribution >= 0.6 is 0 Å². The summed E-state index contributed by atoms with van der Waals surface area (Å²) < 4.78 is 0. The Labute approximate surface area is 116 Å². The lowest BCUT2D eigenvalue weighted by atomic mass is 10.1. The van der Waals surface area contributed by atoms with Crippen LogP contribution in [0, 0.1) is 0 Å². The van der Waals surface area contributed by atoms with Crippen molar-refractivity contribution in [2.45, 2.75) is 12.5 Å². The second-order valence-corrected chi connectivity index (χ2v) is 3.88. The monoisotopic (exact) mass is 279 g/mol. The molecule has 7 heteroatoms. The summed E-state index contributed by atoms with van der Waals surface area (Å²) in [5, 5.41) is 24.4. The molecule has 1 rings (SSSR count). The highest BCUT2D eigenvalue weighted by atomic mass is 16.6. The van der Waals surface area contributed by atoms with Crippen LogP contribution in [0.2, 0.25) is 0 Å². The molecule has 0 aromatic heterocycles. The van der Waals surface area contributed by atoms with Crippen molar-refractivity contribution in [3.05, 3.63) is 35.6 Å². The van der Waals surface area contributed by atoms with Crippen LogP contribution < -0.4 is 5.32 Å². The summed E-state index contributed by atoms with van der Waals surface area (Å²) in [6, 6.07) is -0.816. The smallest absolute Gasteiger partial charge is 0.248 e. The van der Waals surface area contributed by atoms with Crippen molar-refractivity contribution in [3.8, 4) is 0 Å². The van der Waals surface area contributed by atoms with Crippen molar-refractivity contribution < 1.29 is 19.8 Å². The Kier molecular flexibility index (Phi) is 6.18. The molecule has 0 spiro atoms. The number of aliphatic imine (C=N–C) groups is 1. The molecule has 0 saturated heterocycles. The third-order valence-electron chi connectivity index (χ3n) is 2.54. The molecule has 0 radical (unpaired) electrons. The van der Waals surface area contributed by atoms with Gasteiger partial charge in [0.05, 0.1) is 6.61 Å². The van der Waals surface area contributed by atoms with Gasteiger partial charge in [-0.1, -0.05) is 11.2 Å². The molecule has 1 atom stereocenters. The summed E-state index contributed by atoms with van der Waals surface area (Å²) in [4.78, 5) is 20.6. The van der Waals surface area contributed by atoms with E-state index in [9.17, 15) is 15.0 Å². The Hall–Kier alpha value is -2.41. The fraction of sp³-hybridized carbons (Fsp3) is 0.308. The van der Waals surface area contributed by atoms with Crippen LogP contribution in [0.4, 0.5) is 0 Å². The molecule has 20 heavy (non-hydrogen) atoms. The SMILES string of the molecule is C=NOC(=NC)C(CO)NC(=O)C1=CC=C(O)C=CC1. The molecule has 0 heterocycles. The van der Waals surface area contributed by atoms with Gasteiger partial charge in [0.15, 0.2) is 0 Å². The minimum Gasteiger partial charge on any atom is -0.508 e. The molecule has 0 aliphatic heterocycles. The first kappa shape index (κ1) is 15.6. The van der Waals surface area contributed by atoms with Crippen LogP contribution in [-0.2, 0) is 9.63 Å². The van der Waals surface area contributed by atoms with E-state index in [1.54, 1.807) is 6.08 Å². The lowest BCUT2D eigenvalue weighted by Crippen LogP contribution is -2.44. The molecular formula is C13H17N3O4. The number of hydrogen-bond acceptors (Lipinski definition) is 6. The Morgan fingerprint density at radius 1 is 1.60 bits per heavy atom. The van der Waals surface area contributed by atoms with Gasteiger partial charge in [-0.25, -0.2) is 0 Å². The highest BCUT2D eigenvalue weighted by Crippen LogP contribution is 2.10. The summed E-state index contributed by atoms with van der Waals surface area (Å²) in [7, 11) is 1.45. The van der Waals surface area contributed by atoms with E-state index in [0.29, 0.717) is 12.0 Å². The standard InChI is InChI=1S/C13H17N3O4/c1-14-13(20-15-2)11(8-17)16-12(19)9-4-3-5-10(18)7-6-9/h3,5-7,11,17-18H,2,4,8H2,1H3,(H,16,19). The van der Waals surface area contributed by atoms with E-state index in [1.807, 2.05) is 0 Å². The van der Waals surface area contributed by atoms with E-state index in [4.69, 9.17) is 4.84 Å². The predicted octanol–water partition coefficient (Wildman–Crippen LogP) is 0.452. The number of hydrogen-bond donors (Lipinski definition) is 3. The molecule has 7 nitrogen and oxygen atoms in total. The number of nitrogens with one attached hydrogen (secondary N) is 1. The molecule has 1 aliphatic carbocycles. The van der Waals surface area contributed by atoms with Gasteiger partial charge in [0.1, 0.15) is 11.8 Å². The lowest BCUT2D eigenvalue weighted by molar-refractivity contribution is -0.118. The molecule has 0 fully saturated rings. The molecule has 108 valence electrons. The Bertz CT molecular complexity index is 492. The number of aliphatic hydroxyl groups excluding tert-OH is 2. The number of nitrogens with zero attached hydrogens (tertiary/aromatic N) is 2. The summed E-state index contributed by atoms with van der Waals surface area (Å²) in [6.45, 7) is 2.76. The van der Waals surface area contributed by atoms with Crippen molar-refractivity contribution in [1.82, 2.24) is 5.32 Å². The Balaban J connectivity index is 2.78. The maximum absolute atomic E-state index is 12.1. The summed E-state index contributed by atoms with van der Waals surface area (Å²) in [5.41, 5.74) is 0.436. The summed E-state index contributed by atoms with van der Waals surface area (Å²) in [5.74, 6) is -0.269. The number of oxime groups is 1. The zero-order chi connectivity index (χ0) is 15.0. The zero-order valence-electron chi connectivity index (χ0n) is 11.1. The van der Waals surface area contributed by atoms with Crippen LogP contribution in [0.25, 0.3) is 0 Å². The molecule has 0 aromatic rings. The number of allylic oxidation sites excluding steroid dienone is 4. The largest absolute Gasteiger partial charge is 0.508 e. The number of aliphatic hydroxyl groups is 2. The fourth-order valence-corrected chi connectivity index (χ4v) is 1.55. The van der Waals surface area contributed by atoms with Crippen molar-refractivity contribution in [2.75, 3.05) is 13.7 Å². The third kappa shape index (κ3) is 4.36. The van der Waals surface area contributed by atoms with Crippen molar-refractivity contribution >= 4 is 18.5 Å². The van der Waals surface area contributed by atoms with Gasteiger partial charge in [0.2, 0.25) is 11.8 Å². The fourth-order valence-electron chi connectivity index (χ4n) is 1.55. The van der Waals surface area contributed by atoms with Gasteiger partial charge < -0.3 is 20.4 Å². The lowest BCUT2D eigenvalue weighted by Gasteiger charge is -2.16. The van der Waals surface area contributed by atoms with Gasteiger partial charge >= 0.3 is 0 Å². The van der Waals surface area contributed by atoms with Crippen molar-refractivity contribution in [2.24, 2.45) is 10.1 Å². The van der Waals surface area contributed by atoms with Crippen LogP contribution in [0.1, 0.15) is 6.42 Å². The average Bonchev–Trinajstić information content (AvgIpc) is 2.67. The van der Waals surface area contributed by atoms with Gasteiger partial charge in [-0.15, -0.1) is 0 Å². The van der Waals surface area contributed by atoms with E-state index in [2.05, 4.69) is 22.2 Å². The Morgan fingerprint density at radius 2 is 2.35 bits per heavy atom. The molecule has 0 saturated carbocycles. The maximum atomic E-state index is 12.1. The quantitative estimate of drug-likeness (QED) is 0.386. The van der Waals surface area contributed by atoms with Gasteiger partial charge in [0.25, 0.3) is 0 Å². The molecule has 1 unspecified atom stereocenters. The molecule has 1 amide bonds. The Morgan fingerprint density at radius 3 is 2.95 bits per heavy atom. The molecule has 3 N–H and O–H groups in total. The predicted molar refractivity (Wildman–Crippen MR) is 75.6 cm³/mol. The molecule has 0 aromatic carbocycles. The molecular weight excluding hydrogens is 262 g/mol. The number of carbonyl (C=O) groups is 1. The second kappa shape index (κ2) is 7.90. The van der Waals surface area contributed by atoms with Gasteiger partial charge in [0, 0.05) is 19.3 Å². The van der Waals surface area contributed by atoms with E-state index in [1.165, 1.54) is 25.3 Å². The van der Waals surface area contributed by atoms with Gasteiger partial charge in [-0.05, 0) is 24.6 Å². The molecule has 0 bridgehead atoms. The van der Waals surface area contributed by atoms with Crippen molar-refractivity contribution in [1.29, 1.82) is 0 Å². The zero-order valence-corrected chi connectivity index (χ0v) is 11.1. The summed E-state index contributed by atoms with van der Waals surface area (Å²) in [6.07, 6.45) is 6.46. The van der Waals surface area contributed by atoms with Crippen LogP contribution in [0.5, 0.6) is 0 Å². The van der Waals surface area contributed by atoms with Crippen LogP contribution in [0.15, 0.2) is 45.8 Å². The van der Waals surface area contributed by atoms with E-state index in [0.717, 1.165) is 0 Å². The van der Waals surface area contributed by atoms with Crippen LogP contribution in [0.3, 0.4) is 0 Å². The first-order chi connectivity index (χ1) is 9.62. The number of rotatable bonds is 5. The minimum absolute atomic E-state index is 0.0546. The number of amides is 1. The minimum atomic E-state index is -0.816. The van der Waals surface area contributed by atoms with E-state index in [-0.39, 0.29) is 11.7 Å². The average molecular weight is 279 g/mol. The number of carbonyl (C=O) groups excluding carboxylic acids is 1. The topological polar surface area (TPSA) is 104 Å². The maximum Gasteiger partial charge on any atom is 0.248 e. The highest BCUT2D eigenvalue weighted by molar-refractivity contribution is 5.97. The van der Waals surface area contributed by atoms with Crippen LogP contribution in [-0.4, -0.2) is 48.4 Å². The van der Waals surface area contributed by atoms with E-state index >= 15 is 0 Å². The second-order valence-electron chi connectivity index (χ2n) is 3.88. The van der Waals surface area contributed by atoms with Gasteiger partial charge in [-0.2, -0.15) is 0 Å². The highest BCUT2D eigenvalue weighted by Gasteiger charge is 2.21. The first-order valence-corrected chi connectivity index (χ1v) is 5.90. The van der Waals surface area contributed by atoms with E-state index < -0.39 is 18.6 Å².